The second-order valence-corrected chi connectivity index (χ2v) is 6.61. The molecular formula is C9H17N6O4S+. The average molecular weight is 305 g/mol. The fraction of sp³-hybridized carbons (Fsp3) is 0.667. The summed E-state index contributed by atoms with van der Waals surface area (Å²) in [6.07, 6.45) is 0.550. The lowest BCUT2D eigenvalue weighted by Gasteiger charge is -2.31. The fourth-order valence-electron chi connectivity index (χ4n) is 1.91. The van der Waals surface area contributed by atoms with Crippen molar-refractivity contribution in [1.82, 2.24) is 13.9 Å². The molecule has 1 fully saturated rings. The minimum atomic E-state index is -3.42. The van der Waals surface area contributed by atoms with E-state index in [2.05, 4.69) is 5.27 Å². The van der Waals surface area contributed by atoms with Crippen molar-refractivity contribution in [1.29, 1.82) is 0 Å². The number of carbonyl (C=O) groups excluding carboxylic acids is 1. The molecule has 1 aliphatic heterocycles. The van der Waals surface area contributed by atoms with Crippen molar-refractivity contribution in [3.05, 3.63) is 5.69 Å². The Labute approximate surface area is 116 Å². The van der Waals surface area contributed by atoms with E-state index < -0.39 is 10.2 Å². The SMILES string of the molecule is CN(C)S(=O)(=O)N1CCN([n+]2noc(N)c2C=O)CC1. The molecule has 2 N–H and O–H groups in total. The Balaban J connectivity index is 2.10. The summed E-state index contributed by atoms with van der Waals surface area (Å²) in [5.74, 6) is -0.0663. The first-order chi connectivity index (χ1) is 9.37. The number of rotatable bonds is 4. The number of nitrogens with zero attached hydrogens (tertiary/aromatic N) is 5. The molecule has 112 valence electrons. The summed E-state index contributed by atoms with van der Waals surface area (Å²) in [7, 11) is -0.453. The second kappa shape index (κ2) is 5.34. The predicted octanol–water partition coefficient (Wildman–Crippen LogP) is -2.58. The van der Waals surface area contributed by atoms with Gasteiger partial charge in [0, 0.05) is 27.2 Å². The van der Waals surface area contributed by atoms with Crippen molar-refractivity contribution in [2.45, 2.75) is 0 Å². The molecule has 10 nitrogen and oxygen atoms in total. The van der Waals surface area contributed by atoms with Crippen molar-refractivity contribution >= 4 is 22.4 Å². The van der Waals surface area contributed by atoms with Gasteiger partial charge in [-0.25, -0.2) is 0 Å². The molecule has 0 saturated carbocycles. The van der Waals surface area contributed by atoms with Crippen LogP contribution in [-0.4, -0.2) is 68.9 Å². The normalized spacial score (nSPS) is 17.6. The van der Waals surface area contributed by atoms with E-state index in [1.165, 1.54) is 27.5 Å². The van der Waals surface area contributed by atoms with Gasteiger partial charge in [0.05, 0.1) is 17.9 Å². The number of aromatic nitrogens is 2. The number of carbonyl (C=O) groups is 1. The zero-order chi connectivity index (χ0) is 14.9. The maximum atomic E-state index is 12.0. The van der Waals surface area contributed by atoms with Crippen LogP contribution in [0.4, 0.5) is 5.88 Å². The molecule has 0 bridgehead atoms. The van der Waals surface area contributed by atoms with E-state index in [9.17, 15) is 13.2 Å². The van der Waals surface area contributed by atoms with Crippen LogP contribution in [0.5, 0.6) is 0 Å². The lowest BCUT2D eigenvalue weighted by molar-refractivity contribution is -0.760. The minimum Gasteiger partial charge on any atom is -0.361 e. The van der Waals surface area contributed by atoms with Gasteiger partial charge in [-0.05, 0) is 0 Å². The van der Waals surface area contributed by atoms with E-state index in [-0.39, 0.29) is 11.6 Å². The number of hydrogen-bond donors (Lipinski definition) is 1. The van der Waals surface area contributed by atoms with E-state index in [1.807, 2.05) is 0 Å². The van der Waals surface area contributed by atoms with Crippen LogP contribution in [0, 0.1) is 0 Å². The summed E-state index contributed by atoms with van der Waals surface area (Å²) in [4.78, 5) is 12.2. The lowest BCUT2D eigenvalue weighted by Crippen LogP contribution is -2.67. The highest BCUT2D eigenvalue weighted by atomic mass is 32.2. The van der Waals surface area contributed by atoms with Crippen LogP contribution in [-0.2, 0) is 10.2 Å². The van der Waals surface area contributed by atoms with Crippen molar-refractivity contribution in [3.63, 3.8) is 0 Å². The number of anilines is 1. The largest absolute Gasteiger partial charge is 0.370 e. The standard InChI is InChI=1S/C9H16N6O4S/c1-12(2)20(17,18)14-5-3-13(4-6-14)15-8(7-16)9(10)19-11-15/h7H,3-6H2,1-2H3,(H-,10,11,16)/p+1. The fourth-order valence-corrected chi connectivity index (χ4v) is 3.00. The van der Waals surface area contributed by atoms with Crippen molar-refractivity contribution in [2.75, 3.05) is 51.0 Å². The van der Waals surface area contributed by atoms with Crippen LogP contribution >= 0.6 is 0 Å². The van der Waals surface area contributed by atoms with E-state index in [4.69, 9.17) is 10.3 Å². The van der Waals surface area contributed by atoms with Crippen LogP contribution in [0.1, 0.15) is 10.5 Å². The van der Waals surface area contributed by atoms with E-state index in [1.54, 1.807) is 5.01 Å². The summed E-state index contributed by atoms with van der Waals surface area (Å²) in [5.41, 5.74) is 5.59. The molecular weight excluding hydrogens is 288 g/mol. The molecule has 0 atom stereocenters. The Morgan fingerprint density at radius 3 is 2.45 bits per heavy atom. The van der Waals surface area contributed by atoms with Gasteiger partial charge < -0.3 is 5.73 Å². The van der Waals surface area contributed by atoms with E-state index >= 15 is 0 Å². The van der Waals surface area contributed by atoms with Gasteiger partial charge in [-0.2, -0.15) is 17.0 Å². The number of piperazine rings is 1. The van der Waals surface area contributed by atoms with E-state index in [0.29, 0.717) is 32.5 Å². The van der Waals surface area contributed by atoms with Gasteiger partial charge in [0.15, 0.2) is 0 Å². The summed E-state index contributed by atoms with van der Waals surface area (Å²) in [6, 6.07) is 0. The lowest BCUT2D eigenvalue weighted by atomic mass is 10.4. The van der Waals surface area contributed by atoms with Crippen LogP contribution in [0.15, 0.2) is 4.52 Å². The molecule has 0 amide bonds. The van der Waals surface area contributed by atoms with Crippen LogP contribution in [0.2, 0.25) is 0 Å². The van der Waals surface area contributed by atoms with Crippen molar-refractivity contribution in [3.8, 4) is 0 Å². The smallest absolute Gasteiger partial charge is 0.361 e. The zero-order valence-corrected chi connectivity index (χ0v) is 12.1. The highest BCUT2D eigenvalue weighted by Crippen LogP contribution is 2.08. The monoisotopic (exact) mass is 305 g/mol. The molecule has 0 aromatic carbocycles. The maximum absolute atomic E-state index is 12.0. The third-order valence-electron chi connectivity index (χ3n) is 3.07. The summed E-state index contributed by atoms with van der Waals surface area (Å²) in [5, 5.41) is 5.37. The first-order valence-corrected chi connectivity index (χ1v) is 7.33. The van der Waals surface area contributed by atoms with Gasteiger partial charge in [0.25, 0.3) is 10.2 Å². The highest BCUT2D eigenvalue weighted by Gasteiger charge is 2.35. The van der Waals surface area contributed by atoms with Gasteiger partial charge in [-0.15, -0.1) is 5.01 Å². The van der Waals surface area contributed by atoms with Gasteiger partial charge in [0.1, 0.15) is 0 Å². The van der Waals surface area contributed by atoms with Crippen LogP contribution in [0.25, 0.3) is 0 Å². The average Bonchev–Trinajstić information content (AvgIpc) is 2.79. The first-order valence-electron chi connectivity index (χ1n) is 5.93. The number of nitrogen functional groups attached to an aromatic ring is 1. The molecule has 0 aliphatic carbocycles. The van der Waals surface area contributed by atoms with Crippen LogP contribution in [0.3, 0.4) is 0 Å². The Kier molecular flexibility index (Phi) is 3.92. The first kappa shape index (κ1) is 14.7. The summed E-state index contributed by atoms with van der Waals surface area (Å²) < 4.78 is 31.2. The minimum absolute atomic E-state index is 0.0663. The molecule has 0 radical (unpaired) electrons. The van der Waals surface area contributed by atoms with E-state index in [0.717, 1.165) is 0 Å². The Bertz CT molecular complexity index is 590. The maximum Gasteiger partial charge on any atom is 0.370 e. The predicted molar refractivity (Wildman–Crippen MR) is 68.6 cm³/mol. The Hall–Kier alpha value is -1.72. The highest BCUT2D eigenvalue weighted by molar-refractivity contribution is 7.86. The van der Waals surface area contributed by atoms with Gasteiger partial charge in [0.2, 0.25) is 11.6 Å². The molecule has 1 saturated heterocycles. The van der Waals surface area contributed by atoms with Crippen molar-refractivity contribution in [2.24, 2.45) is 0 Å². The molecule has 1 aromatic rings. The van der Waals surface area contributed by atoms with Gasteiger partial charge in [-0.3, -0.25) is 9.32 Å². The zero-order valence-electron chi connectivity index (χ0n) is 11.3. The molecule has 0 spiro atoms. The molecule has 2 rings (SSSR count). The molecule has 2 heterocycles. The quantitative estimate of drug-likeness (QED) is 0.479. The Morgan fingerprint density at radius 1 is 1.35 bits per heavy atom. The number of aldehydes is 1. The summed E-state index contributed by atoms with van der Waals surface area (Å²) in [6.45, 7) is 1.34. The molecule has 1 aliphatic rings. The van der Waals surface area contributed by atoms with Crippen LogP contribution < -0.4 is 15.5 Å². The van der Waals surface area contributed by atoms with Gasteiger partial charge in [-0.1, -0.05) is 0 Å². The van der Waals surface area contributed by atoms with Gasteiger partial charge >= 0.3 is 11.6 Å². The molecule has 11 heteroatoms. The molecule has 1 aromatic heterocycles. The topological polar surface area (TPSA) is 117 Å². The van der Waals surface area contributed by atoms with Crippen molar-refractivity contribution < 1.29 is 22.5 Å². The third kappa shape index (κ3) is 2.46. The third-order valence-corrected chi connectivity index (χ3v) is 5.01. The second-order valence-electron chi connectivity index (χ2n) is 4.47. The Morgan fingerprint density at radius 2 is 1.95 bits per heavy atom. The summed E-state index contributed by atoms with van der Waals surface area (Å²) >= 11 is 0. The number of hydrogen-bond acceptors (Lipinski definition) is 7. The number of nitrogens with two attached hydrogens (primary N) is 1. The molecule has 20 heavy (non-hydrogen) atoms. The molecule has 0 unspecified atom stereocenters.